The van der Waals surface area contributed by atoms with Gasteiger partial charge in [0.15, 0.2) is 0 Å². The second-order valence-corrected chi connectivity index (χ2v) is 5.50. The molecule has 0 aliphatic rings. The van der Waals surface area contributed by atoms with E-state index < -0.39 is 17.8 Å². The first-order chi connectivity index (χ1) is 8.58. The van der Waals surface area contributed by atoms with Crippen LogP contribution >= 0.6 is 27.3 Å². The van der Waals surface area contributed by atoms with Crippen LogP contribution in [0, 0.1) is 5.82 Å². The molecule has 94 valence electrons. The summed E-state index contributed by atoms with van der Waals surface area (Å²) in [7, 11) is 0. The number of hydrogen-bond donors (Lipinski definition) is 2. The number of amides is 1. The van der Waals surface area contributed by atoms with Gasteiger partial charge in [0, 0.05) is 9.35 Å². The van der Waals surface area contributed by atoms with Gasteiger partial charge in [-0.1, -0.05) is 22.0 Å². The second kappa shape index (κ2) is 5.60. The SMILES string of the molecule is NC(C(=O)Nc1cc(Br)ccc1F)c1cccs1. The third-order valence-electron chi connectivity index (χ3n) is 2.32. The molecule has 18 heavy (non-hydrogen) atoms. The Balaban J connectivity index is 2.14. The standard InChI is InChI=1S/C12H10BrFN2OS/c13-7-3-4-8(14)9(6-7)16-12(17)11(15)10-2-1-5-18-10/h1-6,11H,15H2,(H,16,17). The molecule has 1 heterocycles. The van der Waals surface area contributed by atoms with Gasteiger partial charge in [0.2, 0.25) is 5.91 Å². The summed E-state index contributed by atoms with van der Waals surface area (Å²) in [6.07, 6.45) is 0. The molecule has 6 heteroatoms. The van der Waals surface area contributed by atoms with E-state index in [1.165, 1.54) is 23.5 Å². The minimum absolute atomic E-state index is 0.112. The summed E-state index contributed by atoms with van der Waals surface area (Å²) in [6, 6.07) is 7.12. The lowest BCUT2D eigenvalue weighted by molar-refractivity contribution is -0.117. The molecular weight excluding hydrogens is 319 g/mol. The first-order valence-corrected chi connectivity index (χ1v) is 6.80. The molecule has 3 N–H and O–H groups in total. The number of nitrogens with two attached hydrogens (primary N) is 1. The molecule has 0 radical (unpaired) electrons. The molecule has 0 aliphatic heterocycles. The normalized spacial score (nSPS) is 12.2. The number of hydrogen-bond acceptors (Lipinski definition) is 3. The van der Waals surface area contributed by atoms with Crippen LogP contribution in [0.3, 0.4) is 0 Å². The Morgan fingerprint density at radius 3 is 2.89 bits per heavy atom. The van der Waals surface area contributed by atoms with Crippen molar-refractivity contribution in [1.29, 1.82) is 0 Å². The molecule has 0 bridgehead atoms. The number of halogens is 2. The highest BCUT2D eigenvalue weighted by atomic mass is 79.9. The zero-order valence-corrected chi connectivity index (χ0v) is 11.6. The molecule has 2 aromatic rings. The molecule has 0 aliphatic carbocycles. The molecule has 1 atom stereocenters. The topological polar surface area (TPSA) is 55.1 Å². The van der Waals surface area contributed by atoms with Gasteiger partial charge < -0.3 is 11.1 Å². The predicted molar refractivity (Wildman–Crippen MR) is 74.0 cm³/mol. The fourth-order valence-corrected chi connectivity index (χ4v) is 2.49. The van der Waals surface area contributed by atoms with E-state index in [4.69, 9.17) is 5.73 Å². The van der Waals surface area contributed by atoms with E-state index >= 15 is 0 Å². The van der Waals surface area contributed by atoms with Crippen molar-refractivity contribution in [2.75, 3.05) is 5.32 Å². The lowest BCUT2D eigenvalue weighted by Crippen LogP contribution is -2.27. The number of nitrogens with one attached hydrogen (secondary N) is 1. The molecule has 3 nitrogen and oxygen atoms in total. The minimum atomic E-state index is -0.789. The van der Waals surface area contributed by atoms with Crippen LogP contribution in [-0.2, 0) is 4.79 Å². The predicted octanol–water partition coefficient (Wildman–Crippen LogP) is 3.29. The maximum atomic E-state index is 13.5. The zero-order chi connectivity index (χ0) is 13.1. The van der Waals surface area contributed by atoms with Crippen LogP contribution in [0.15, 0.2) is 40.2 Å². The number of rotatable bonds is 3. The van der Waals surface area contributed by atoms with Crippen LogP contribution in [0.5, 0.6) is 0 Å². The van der Waals surface area contributed by atoms with Crippen molar-refractivity contribution in [3.05, 3.63) is 50.9 Å². The highest BCUT2D eigenvalue weighted by molar-refractivity contribution is 9.10. The third kappa shape index (κ3) is 2.95. The average molecular weight is 329 g/mol. The van der Waals surface area contributed by atoms with Crippen LogP contribution in [0.4, 0.5) is 10.1 Å². The van der Waals surface area contributed by atoms with Crippen LogP contribution in [0.2, 0.25) is 0 Å². The fraction of sp³-hybridized carbons (Fsp3) is 0.0833. The van der Waals surface area contributed by atoms with E-state index in [1.807, 2.05) is 11.4 Å². The largest absolute Gasteiger partial charge is 0.322 e. The maximum absolute atomic E-state index is 13.5. The molecule has 1 aromatic carbocycles. The number of benzene rings is 1. The minimum Gasteiger partial charge on any atom is -0.322 e. The van der Waals surface area contributed by atoms with Gasteiger partial charge >= 0.3 is 0 Å². The summed E-state index contributed by atoms with van der Waals surface area (Å²) in [5, 5.41) is 4.31. The van der Waals surface area contributed by atoms with Crippen molar-refractivity contribution in [3.63, 3.8) is 0 Å². The zero-order valence-electron chi connectivity index (χ0n) is 9.19. The van der Waals surface area contributed by atoms with E-state index in [0.717, 1.165) is 4.88 Å². The molecule has 1 unspecified atom stereocenters. The highest BCUT2D eigenvalue weighted by Crippen LogP contribution is 2.22. The van der Waals surface area contributed by atoms with Gasteiger partial charge in [-0.15, -0.1) is 11.3 Å². The monoisotopic (exact) mass is 328 g/mol. The summed E-state index contributed by atoms with van der Waals surface area (Å²) in [4.78, 5) is 12.6. The number of anilines is 1. The van der Waals surface area contributed by atoms with E-state index in [-0.39, 0.29) is 5.69 Å². The number of thiophene rings is 1. The summed E-state index contributed by atoms with van der Waals surface area (Å²) in [5.74, 6) is -0.931. The van der Waals surface area contributed by atoms with Crippen LogP contribution in [-0.4, -0.2) is 5.91 Å². The van der Waals surface area contributed by atoms with E-state index in [9.17, 15) is 9.18 Å². The molecular formula is C12H10BrFN2OS. The van der Waals surface area contributed by atoms with Crippen molar-refractivity contribution in [2.45, 2.75) is 6.04 Å². The van der Waals surface area contributed by atoms with Gasteiger partial charge in [-0.3, -0.25) is 4.79 Å². The lowest BCUT2D eigenvalue weighted by Gasteiger charge is -2.11. The van der Waals surface area contributed by atoms with E-state index in [1.54, 1.807) is 12.1 Å². The first-order valence-electron chi connectivity index (χ1n) is 5.13. The second-order valence-electron chi connectivity index (χ2n) is 3.61. The lowest BCUT2D eigenvalue weighted by atomic mass is 10.2. The Morgan fingerprint density at radius 1 is 1.44 bits per heavy atom. The molecule has 1 aromatic heterocycles. The first kappa shape index (κ1) is 13.2. The molecule has 0 fully saturated rings. The van der Waals surface area contributed by atoms with Crippen molar-refractivity contribution in [2.24, 2.45) is 5.73 Å². The van der Waals surface area contributed by atoms with Crippen LogP contribution in [0.1, 0.15) is 10.9 Å². The van der Waals surface area contributed by atoms with Gasteiger partial charge in [-0.2, -0.15) is 0 Å². The Hall–Kier alpha value is -1.24. The molecule has 0 saturated heterocycles. The van der Waals surface area contributed by atoms with Crippen molar-refractivity contribution >= 4 is 38.9 Å². The number of carbonyl (C=O) groups is 1. The van der Waals surface area contributed by atoms with Crippen LogP contribution < -0.4 is 11.1 Å². The van der Waals surface area contributed by atoms with Gasteiger partial charge in [0.1, 0.15) is 11.9 Å². The molecule has 0 spiro atoms. The molecule has 2 rings (SSSR count). The van der Waals surface area contributed by atoms with Gasteiger partial charge in [0.05, 0.1) is 5.69 Å². The van der Waals surface area contributed by atoms with E-state index in [2.05, 4.69) is 21.2 Å². The third-order valence-corrected chi connectivity index (χ3v) is 3.77. The smallest absolute Gasteiger partial charge is 0.246 e. The van der Waals surface area contributed by atoms with Crippen molar-refractivity contribution < 1.29 is 9.18 Å². The molecule has 1 amide bonds. The quantitative estimate of drug-likeness (QED) is 0.908. The Morgan fingerprint density at radius 2 is 2.22 bits per heavy atom. The summed E-state index contributed by atoms with van der Waals surface area (Å²) in [5.41, 5.74) is 5.90. The molecule has 0 saturated carbocycles. The van der Waals surface area contributed by atoms with Crippen molar-refractivity contribution in [1.82, 2.24) is 0 Å². The average Bonchev–Trinajstić information content (AvgIpc) is 2.86. The summed E-state index contributed by atoms with van der Waals surface area (Å²) in [6.45, 7) is 0. The van der Waals surface area contributed by atoms with Gasteiger partial charge in [0.25, 0.3) is 0 Å². The van der Waals surface area contributed by atoms with Gasteiger partial charge in [-0.05, 0) is 29.6 Å². The van der Waals surface area contributed by atoms with E-state index in [0.29, 0.717) is 4.47 Å². The Bertz CT molecular complexity index is 559. The summed E-state index contributed by atoms with van der Waals surface area (Å²) >= 11 is 4.60. The fourth-order valence-electron chi connectivity index (χ4n) is 1.40. The van der Waals surface area contributed by atoms with Crippen LogP contribution in [0.25, 0.3) is 0 Å². The Kier molecular flexibility index (Phi) is 4.11. The summed E-state index contributed by atoms with van der Waals surface area (Å²) < 4.78 is 14.1. The van der Waals surface area contributed by atoms with Crippen molar-refractivity contribution in [3.8, 4) is 0 Å². The van der Waals surface area contributed by atoms with Gasteiger partial charge in [-0.25, -0.2) is 4.39 Å². The maximum Gasteiger partial charge on any atom is 0.246 e. The number of carbonyl (C=O) groups excluding carboxylic acids is 1. The highest BCUT2D eigenvalue weighted by Gasteiger charge is 2.18. The Labute approximate surface area is 116 Å².